The van der Waals surface area contributed by atoms with E-state index in [0.29, 0.717) is 11.1 Å². The normalized spacial score (nSPS) is 9.79. The number of benzene rings is 3. The Balaban J connectivity index is 0.000000249. The van der Waals surface area contributed by atoms with Gasteiger partial charge in [0.25, 0.3) is 0 Å². The van der Waals surface area contributed by atoms with Crippen LogP contribution in [-0.2, 0) is 0 Å². The molecule has 0 saturated carbocycles. The fourth-order valence-corrected chi connectivity index (χ4v) is 2.07. The van der Waals surface area contributed by atoms with Crippen molar-refractivity contribution in [2.24, 2.45) is 0 Å². The van der Waals surface area contributed by atoms with E-state index in [9.17, 15) is 13.2 Å². The highest BCUT2D eigenvalue weighted by atomic mass is 19.1. The summed E-state index contributed by atoms with van der Waals surface area (Å²) in [6, 6.07) is 21.6. The van der Waals surface area contributed by atoms with Crippen molar-refractivity contribution in [2.45, 2.75) is 5.92 Å². The van der Waals surface area contributed by atoms with Crippen LogP contribution in [0.25, 0.3) is 0 Å². The van der Waals surface area contributed by atoms with Crippen LogP contribution in [0.3, 0.4) is 0 Å². The molecule has 0 N–H and O–H groups in total. The number of rotatable bonds is 2. The van der Waals surface area contributed by atoms with Gasteiger partial charge >= 0.3 is 0 Å². The summed E-state index contributed by atoms with van der Waals surface area (Å²) in [7, 11) is 0. The summed E-state index contributed by atoms with van der Waals surface area (Å²) in [6.45, 7) is 0. The zero-order valence-corrected chi connectivity index (χ0v) is 12.7. The van der Waals surface area contributed by atoms with Gasteiger partial charge in [-0.2, -0.15) is 5.26 Å². The second kappa shape index (κ2) is 8.54. The van der Waals surface area contributed by atoms with Crippen molar-refractivity contribution in [3.05, 3.63) is 107 Å². The second-order valence-electron chi connectivity index (χ2n) is 4.96. The van der Waals surface area contributed by atoms with Crippen molar-refractivity contribution in [3.8, 4) is 6.07 Å². The Morgan fingerprint density at radius 1 is 0.583 bits per heavy atom. The van der Waals surface area contributed by atoms with Crippen LogP contribution < -0.4 is 0 Å². The average Bonchev–Trinajstić information content (AvgIpc) is 2.60. The molecule has 0 aliphatic rings. The maximum atomic E-state index is 12.8. The van der Waals surface area contributed by atoms with E-state index >= 15 is 0 Å². The van der Waals surface area contributed by atoms with Crippen molar-refractivity contribution in [3.63, 3.8) is 0 Å². The highest BCUT2D eigenvalue weighted by Gasteiger charge is 2.13. The molecule has 120 valence electrons. The Labute approximate surface area is 138 Å². The molecular weight excluding hydrogens is 311 g/mol. The molecule has 0 radical (unpaired) electrons. The van der Waals surface area contributed by atoms with Crippen LogP contribution >= 0.6 is 0 Å². The van der Waals surface area contributed by atoms with Crippen LogP contribution in [0.4, 0.5) is 13.2 Å². The largest absolute Gasteiger partial charge is 0.207 e. The molecule has 3 aromatic carbocycles. The Kier molecular flexibility index (Phi) is 6.16. The van der Waals surface area contributed by atoms with Crippen LogP contribution in [0.2, 0.25) is 0 Å². The topological polar surface area (TPSA) is 23.8 Å². The van der Waals surface area contributed by atoms with E-state index in [1.54, 1.807) is 42.5 Å². The number of nitrogens with zero attached hydrogens (tertiary/aromatic N) is 1. The zero-order chi connectivity index (χ0) is 17.4. The minimum absolute atomic E-state index is 0.178. The Morgan fingerprint density at radius 3 is 1.25 bits per heavy atom. The maximum Gasteiger partial charge on any atom is 0.123 e. The van der Waals surface area contributed by atoms with Gasteiger partial charge in [-0.3, -0.25) is 0 Å². The number of nitriles is 1. The smallest absolute Gasteiger partial charge is 0.123 e. The molecule has 24 heavy (non-hydrogen) atoms. The van der Waals surface area contributed by atoms with Gasteiger partial charge in [0.15, 0.2) is 0 Å². The van der Waals surface area contributed by atoms with Crippen LogP contribution in [-0.4, -0.2) is 0 Å². The monoisotopic (exact) mass is 325 g/mol. The first-order valence-corrected chi connectivity index (χ1v) is 7.21. The second-order valence-corrected chi connectivity index (χ2v) is 4.96. The molecule has 0 fully saturated rings. The summed E-state index contributed by atoms with van der Waals surface area (Å²) in [5.41, 5.74) is 1.39. The van der Waals surface area contributed by atoms with Crippen LogP contribution in [0.15, 0.2) is 78.9 Å². The molecule has 0 saturated heterocycles. The summed E-state index contributed by atoms with van der Waals surface area (Å²) in [5.74, 6) is -1.37. The Bertz CT molecular complexity index is 746. The SMILES string of the molecule is Fc1ccccc1.N#CC(c1ccc(F)cc1)c1ccc(F)cc1. The van der Waals surface area contributed by atoms with E-state index in [4.69, 9.17) is 5.26 Å². The lowest BCUT2D eigenvalue weighted by Crippen LogP contribution is -1.98. The summed E-state index contributed by atoms with van der Waals surface area (Å²) >= 11 is 0. The lowest BCUT2D eigenvalue weighted by Gasteiger charge is -2.09. The highest BCUT2D eigenvalue weighted by Crippen LogP contribution is 2.24. The first-order chi connectivity index (χ1) is 11.6. The molecule has 3 aromatic rings. The quantitative estimate of drug-likeness (QED) is 0.615. The first kappa shape index (κ1) is 17.3. The summed E-state index contributed by atoms with van der Waals surface area (Å²) in [6.07, 6.45) is 0. The number of hydrogen-bond acceptors (Lipinski definition) is 1. The average molecular weight is 325 g/mol. The predicted octanol–water partition coefficient (Wildman–Crippen LogP) is 5.45. The molecule has 0 spiro atoms. The van der Waals surface area contributed by atoms with Gasteiger partial charge in [-0.15, -0.1) is 0 Å². The van der Waals surface area contributed by atoms with Gasteiger partial charge in [-0.05, 0) is 47.5 Å². The number of hydrogen-bond donors (Lipinski definition) is 0. The molecule has 0 heterocycles. The third-order valence-electron chi connectivity index (χ3n) is 3.27. The van der Waals surface area contributed by atoms with Crippen LogP contribution in [0, 0.1) is 28.8 Å². The van der Waals surface area contributed by atoms with E-state index in [1.165, 1.54) is 36.4 Å². The molecule has 0 atom stereocenters. The van der Waals surface area contributed by atoms with Crippen molar-refractivity contribution in [2.75, 3.05) is 0 Å². The van der Waals surface area contributed by atoms with Gasteiger partial charge in [0.1, 0.15) is 17.5 Å². The summed E-state index contributed by atoms with van der Waals surface area (Å²) in [4.78, 5) is 0. The van der Waals surface area contributed by atoms with E-state index in [-0.39, 0.29) is 17.5 Å². The Morgan fingerprint density at radius 2 is 0.958 bits per heavy atom. The molecule has 0 unspecified atom stereocenters. The first-order valence-electron chi connectivity index (χ1n) is 7.21. The minimum atomic E-state index is -0.504. The summed E-state index contributed by atoms with van der Waals surface area (Å²) in [5, 5.41) is 9.13. The predicted molar refractivity (Wildman–Crippen MR) is 86.7 cm³/mol. The molecular formula is C20H14F3N. The van der Waals surface area contributed by atoms with Gasteiger partial charge in [-0.1, -0.05) is 42.5 Å². The molecule has 0 aromatic heterocycles. The maximum absolute atomic E-state index is 12.8. The number of halogens is 3. The van der Waals surface area contributed by atoms with Gasteiger partial charge in [0, 0.05) is 0 Å². The fraction of sp³-hybridized carbons (Fsp3) is 0.0500. The van der Waals surface area contributed by atoms with E-state index in [1.807, 2.05) is 0 Å². The third kappa shape index (κ3) is 4.99. The third-order valence-corrected chi connectivity index (χ3v) is 3.27. The molecule has 1 nitrogen and oxygen atoms in total. The molecule has 0 aliphatic carbocycles. The zero-order valence-electron chi connectivity index (χ0n) is 12.7. The van der Waals surface area contributed by atoms with Crippen molar-refractivity contribution in [1.82, 2.24) is 0 Å². The molecule has 0 aliphatic heterocycles. The van der Waals surface area contributed by atoms with E-state index in [2.05, 4.69) is 6.07 Å². The van der Waals surface area contributed by atoms with Crippen molar-refractivity contribution in [1.29, 1.82) is 5.26 Å². The Hall–Kier alpha value is -3.06. The van der Waals surface area contributed by atoms with Gasteiger partial charge in [-0.25, -0.2) is 13.2 Å². The highest BCUT2D eigenvalue weighted by molar-refractivity contribution is 5.37. The molecule has 3 rings (SSSR count). The van der Waals surface area contributed by atoms with Crippen molar-refractivity contribution >= 4 is 0 Å². The summed E-state index contributed by atoms with van der Waals surface area (Å²) < 4.78 is 37.5. The van der Waals surface area contributed by atoms with Gasteiger partial charge < -0.3 is 0 Å². The van der Waals surface area contributed by atoms with Crippen LogP contribution in [0.1, 0.15) is 17.0 Å². The molecule has 4 heteroatoms. The van der Waals surface area contributed by atoms with Crippen LogP contribution in [0.5, 0.6) is 0 Å². The lowest BCUT2D eigenvalue weighted by molar-refractivity contribution is 0.626. The molecule has 0 amide bonds. The molecule has 0 bridgehead atoms. The minimum Gasteiger partial charge on any atom is -0.207 e. The van der Waals surface area contributed by atoms with Gasteiger partial charge in [0.05, 0.1) is 12.0 Å². The standard InChI is InChI=1S/C14H9F2N.C6H5F/c15-12-5-1-10(2-6-12)14(9-17)11-3-7-13(16)8-4-11;7-6-4-2-1-3-5-6/h1-8,14H;1-5H. The fourth-order valence-electron chi connectivity index (χ4n) is 2.07. The van der Waals surface area contributed by atoms with E-state index in [0.717, 1.165) is 0 Å². The van der Waals surface area contributed by atoms with E-state index < -0.39 is 5.92 Å². The van der Waals surface area contributed by atoms with Gasteiger partial charge in [0.2, 0.25) is 0 Å². The van der Waals surface area contributed by atoms with Crippen molar-refractivity contribution < 1.29 is 13.2 Å². The lowest BCUT2D eigenvalue weighted by atomic mass is 9.93.